The molecule has 0 amide bonds. The Labute approximate surface area is 351 Å². The Balaban J connectivity index is 1.11. The molecule has 0 saturated heterocycles. The number of hydrogen-bond acceptors (Lipinski definition) is 1. The van der Waals surface area contributed by atoms with Crippen LogP contribution in [0.25, 0.3) is 83.3 Å². The minimum atomic E-state index is -0.440. The van der Waals surface area contributed by atoms with Crippen LogP contribution in [0.2, 0.25) is 0 Å². The lowest BCUT2D eigenvalue weighted by Crippen LogP contribution is -2.26. The summed E-state index contributed by atoms with van der Waals surface area (Å²) in [4.78, 5) is 4.61. The standard InChI is InChI=1S/C58H42N2/c1-57(2,3)42-27-28-46-47-35-49-48-33-40(38-16-13-15-37(31-38)39-17-14-18-41(32-39)54-25-11-12-30-59-54)26-29-55(48)60(43-19-5-4-6-20-43)56(49)36-53(47)58(52(46)34-42)50-23-9-7-21-44(50)45-22-8-10-24-51(45)58/h4-36H,1-3H3. The molecule has 0 N–H and O–H groups in total. The molecule has 0 bridgehead atoms. The predicted octanol–water partition coefficient (Wildman–Crippen LogP) is 14.8. The van der Waals surface area contributed by atoms with Crippen LogP contribution in [0.4, 0.5) is 0 Å². The Morgan fingerprint density at radius 3 is 1.67 bits per heavy atom. The summed E-state index contributed by atoms with van der Waals surface area (Å²) in [7, 11) is 0. The van der Waals surface area contributed by atoms with Gasteiger partial charge >= 0.3 is 0 Å². The minimum absolute atomic E-state index is 0.00302. The lowest BCUT2D eigenvalue weighted by atomic mass is 9.69. The van der Waals surface area contributed by atoms with Crippen LogP contribution in [0.3, 0.4) is 0 Å². The number of rotatable bonds is 4. The van der Waals surface area contributed by atoms with Crippen LogP contribution in [-0.4, -0.2) is 9.55 Å². The molecule has 10 aromatic rings. The average Bonchev–Trinajstić information content (AvgIpc) is 3.89. The van der Waals surface area contributed by atoms with E-state index in [1.54, 1.807) is 0 Å². The molecule has 2 heteroatoms. The molecule has 284 valence electrons. The quantitative estimate of drug-likeness (QED) is 0.174. The fourth-order valence-electron chi connectivity index (χ4n) is 10.4. The molecule has 60 heavy (non-hydrogen) atoms. The molecule has 2 aliphatic rings. The third-order valence-electron chi connectivity index (χ3n) is 13.2. The first-order valence-electron chi connectivity index (χ1n) is 21.0. The summed E-state index contributed by atoms with van der Waals surface area (Å²) in [6.45, 7) is 6.99. The molecule has 2 aromatic heterocycles. The summed E-state index contributed by atoms with van der Waals surface area (Å²) in [6, 6.07) is 72.3. The SMILES string of the molecule is CC(C)(C)c1ccc2c(c1)C1(c3ccccc3-c3ccccc31)c1cc3c(cc1-2)c1cc(-c2cccc(-c4cccc(-c5ccccn5)c4)c2)ccc1n3-c1ccccc1. The number of nitrogens with zero attached hydrogens (tertiary/aromatic N) is 2. The van der Waals surface area contributed by atoms with Crippen molar-refractivity contribution in [3.8, 4) is 61.5 Å². The van der Waals surface area contributed by atoms with E-state index in [-0.39, 0.29) is 5.41 Å². The first kappa shape index (κ1) is 34.7. The van der Waals surface area contributed by atoms with Crippen molar-refractivity contribution in [1.29, 1.82) is 0 Å². The maximum atomic E-state index is 4.61. The number of fused-ring (bicyclic) bond motifs is 13. The highest BCUT2D eigenvalue weighted by atomic mass is 15.0. The van der Waals surface area contributed by atoms with E-state index in [9.17, 15) is 0 Å². The third-order valence-corrected chi connectivity index (χ3v) is 13.2. The van der Waals surface area contributed by atoms with Crippen LogP contribution in [-0.2, 0) is 10.8 Å². The summed E-state index contributed by atoms with van der Waals surface area (Å²) >= 11 is 0. The molecule has 12 rings (SSSR count). The fraction of sp³-hybridized carbons (Fsp3) is 0.0862. The molecular formula is C58H42N2. The van der Waals surface area contributed by atoms with Gasteiger partial charge in [-0.2, -0.15) is 0 Å². The molecule has 2 aliphatic carbocycles. The Kier molecular flexibility index (Phi) is 7.44. The average molecular weight is 767 g/mol. The van der Waals surface area contributed by atoms with Crippen LogP contribution < -0.4 is 0 Å². The minimum Gasteiger partial charge on any atom is -0.309 e. The van der Waals surface area contributed by atoms with E-state index in [1.807, 2.05) is 18.3 Å². The number of pyridine rings is 1. The smallest absolute Gasteiger partial charge is 0.0726 e. The van der Waals surface area contributed by atoms with Crippen molar-refractivity contribution in [2.45, 2.75) is 31.6 Å². The number of hydrogen-bond donors (Lipinski definition) is 0. The lowest BCUT2D eigenvalue weighted by molar-refractivity contribution is 0.588. The van der Waals surface area contributed by atoms with Gasteiger partial charge in [-0.1, -0.05) is 154 Å². The Morgan fingerprint density at radius 1 is 0.400 bits per heavy atom. The summed E-state index contributed by atoms with van der Waals surface area (Å²) < 4.78 is 2.48. The zero-order valence-corrected chi connectivity index (χ0v) is 33.9. The van der Waals surface area contributed by atoms with Gasteiger partial charge in [0.1, 0.15) is 0 Å². The van der Waals surface area contributed by atoms with Crippen LogP contribution >= 0.6 is 0 Å². The maximum Gasteiger partial charge on any atom is 0.0726 e. The summed E-state index contributed by atoms with van der Waals surface area (Å²) in [5.74, 6) is 0. The van der Waals surface area contributed by atoms with E-state index in [4.69, 9.17) is 0 Å². The Morgan fingerprint density at radius 2 is 0.983 bits per heavy atom. The third kappa shape index (κ3) is 4.97. The van der Waals surface area contributed by atoms with Crippen LogP contribution in [0.5, 0.6) is 0 Å². The molecule has 0 radical (unpaired) electrons. The van der Waals surface area contributed by atoms with E-state index in [0.717, 1.165) is 16.9 Å². The molecule has 0 fully saturated rings. The number of benzene rings is 8. The van der Waals surface area contributed by atoms with E-state index < -0.39 is 5.41 Å². The zero-order valence-electron chi connectivity index (χ0n) is 33.9. The molecule has 2 nitrogen and oxygen atoms in total. The van der Waals surface area contributed by atoms with Crippen molar-refractivity contribution in [3.05, 3.63) is 228 Å². The van der Waals surface area contributed by atoms with Crippen molar-refractivity contribution in [3.63, 3.8) is 0 Å². The van der Waals surface area contributed by atoms with Crippen molar-refractivity contribution >= 4 is 21.8 Å². The van der Waals surface area contributed by atoms with Crippen LogP contribution in [0.1, 0.15) is 48.6 Å². The van der Waals surface area contributed by atoms with E-state index in [2.05, 4.69) is 212 Å². The van der Waals surface area contributed by atoms with Crippen LogP contribution in [0, 0.1) is 0 Å². The summed E-state index contributed by atoms with van der Waals surface area (Å²) in [6.07, 6.45) is 1.86. The largest absolute Gasteiger partial charge is 0.309 e. The second-order valence-corrected chi connectivity index (χ2v) is 17.5. The molecule has 0 unspecified atom stereocenters. The molecule has 0 aliphatic heterocycles. The van der Waals surface area contributed by atoms with Gasteiger partial charge in [0, 0.05) is 28.2 Å². The molecular weight excluding hydrogens is 725 g/mol. The van der Waals surface area contributed by atoms with Gasteiger partial charge in [-0.05, 0) is 138 Å². The Hall–Kier alpha value is -7.29. The lowest BCUT2D eigenvalue weighted by Gasteiger charge is -2.32. The van der Waals surface area contributed by atoms with Crippen molar-refractivity contribution < 1.29 is 0 Å². The van der Waals surface area contributed by atoms with Gasteiger partial charge in [0.25, 0.3) is 0 Å². The fourth-order valence-corrected chi connectivity index (χ4v) is 10.4. The molecule has 8 aromatic carbocycles. The van der Waals surface area contributed by atoms with Gasteiger partial charge < -0.3 is 4.57 Å². The number of aromatic nitrogens is 2. The van der Waals surface area contributed by atoms with Gasteiger partial charge in [0.2, 0.25) is 0 Å². The van der Waals surface area contributed by atoms with Gasteiger partial charge in [0.05, 0.1) is 22.1 Å². The van der Waals surface area contributed by atoms with Gasteiger partial charge in [0.15, 0.2) is 0 Å². The molecule has 1 spiro atoms. The van der Waals surface area contributed by atoms with Crippen molar-refractivity contribution in [1.82, 2.24) is 9.55 Å². The van der Waals surface area contributed by atoms with Gasteiger partial charge in [-0.15, -0.1) is 0 Å². The topological polar surface area (TPSA) is 17.8 Å². The second kappa shape index (κ2) is 12.9. The summed E-state index contributed by atoms with van der Waals surface area (Å²) in [5.41, 5.74) is 22.1. The normalized spacial score (nSPS) is 13.4. The van der Waals surface area contributed by atoms with E-state index in [0.29, 0.717) is 0 Å². The molecule has 0 atom stereocenters. The van der Waals surface area contributed by atoms with Crippen molar-refractivity contribution in [2.75, 3.05) is 0 Å². The highest BCUT2D eigenvalue weighted by Gasteiger charge is 2.52. The maximum absolute atomic E-state index is 4.61. The Bertz CT molecular complexity index is 3300. The highest BCUT2D eigenvalue weighted by molar-refractivity contribution is 6.13. The van der Waals surface area contributed by atoms with Gasteiger partial charge in [-0.3, -0.25) is 4.98 Å². The molecule has 2 heterocycles. The molecule has 0 saturated carbocycles. The van der Waals surface area contributed by atoms with E-state index >= 15 is 0 Å². The zero-order chi connectivity index (χ0) is 40.2. The number of para-hydroxylation sites is 1. The van der Waals surface area contributed by atoms with Gasteiger partial charge in [-0.25, -0.2) is 0 Å². The van der Waals surface area contributed by atoms with Crippen molar-refractivity contribution in [2.24, 2.45) is 0 Å². The van der Waals surface area contributed by atoms with Crippen LogP contribution in [0.15, 0.2) is 200 Å². The first-order valence-corrected chi connectivity index (χ1v) is 21.0. The van der Waals surface area contributed by atoms with E-state index in [1.165, 1.54) is 94.1 Å². The first-order chi connectivity index (χ1) is 29.4. The predicted molar refractivity (Wildman–Crippen MR) is 250 cm³/mol. The second-order valence-electron chi connectivity index (χ2n) is 17.5. The summed E-state index contributed by atoms with van der Waals surface area (Å²) in [5, 5.41) is 2.51. The monoisotopic (exact) mass is 766 g/mol. The highest BCUT2D eigenvalue weighted by Crippen LogP contribution is 2.64.